The lowest BCUT2D eigenvalue weighted by molar-refractivity contribution is 0.464. The molecule has 1 aromatic heterocycles. The number of nitrogens with zero attached hydrogens (tertiary/aromatic N) is 1. The Balaban J connectivity index is 2.15. The fraction of sp³-hybridized carbons (Fsp3) is 0.812. The molecule has 1 aromatic rings. The van der Waals surface area contributed by atoms with E-state index in [9.17, 15) is 0 Å². The van der Waals surface area contributed by atoms with Crippen LogP contribution >= 0.6 is 11.3 Å². The molecule has 2 nitrogen and oxygen atoms in total. The summed E-state index contributed by atoms with van der Waals surface area (Å²) in [6, 6.07) is 0.482. The van der Waals surface area contributed by atoms with Crippen LogP contribution in [0, 0.1) is 0 Å². The Labute approximate surface area is 123 Å². The lowest BCUT2D eigenvalue weighted by Gasteiger charge is -2.15. The zero-order valence-corrected chi connectivity index (χ0v) is 13.5. The molecule has 0 aliphatic heterocycles. The maximum Gasteiger partial charge on any atom is 0.109 e. The predicted octanol–water partition coefficient (Wildman–Crippen LogP) is 5.32. The van der Waals surface area contributed by atoms with E-state index in [1.54, 1.807) is 11.3 Å². The van der Waals surface area contributed by atoms with Crippen LogP contribution in [0.25, 0.3) is 0 Å². The Morgan fingerprint density at radius 3 is 2.42 bits per heavy atom. The second-order valence-electron chi connectivity index (χ2n) is 5.29. The molecule has 0 fully saturated rings. The molecule has 0 aliphatic carbocycles. The van der Waals surface area contributed by atoms with Crippen molar-refractivity contribution < 1.29 is 0 Å². The van der Waals surface area contributed by atoms with Gasteiger partial charge in [0.05, 0.1) is 6.04 Å². The highest BCUT2D eigenvalue weighted by atomic mass is 32.1. The van der Waals surface area contributed by atoms with Gasteiger partial charge in [0.25, 0.3) is 0 Å². The quantitative estimate of drug-likeness (QED) is 0.524. The van der Waals surface area contributed by atoms with E-state index < -0.39 is 0 Å². The van der Waals surface area contributed by atoms with E-state index in [0.29, 0.717) is 6.04 Å². The van der Waals surface area contributed by atoms with Gasteiger partial charge >= 0.3 is 0 Å². The van der Waals surface area contributed by atoms with Gasteiger partial charge in [-0.15, -0.1) is 11.3 Å². The maximum atomic E-state index is 4.46. The smallest absolute Gasteiger partial charge is 0.109 e. The first-order chi connectivity index (χ1) is 9.38. The molecule has 1 heterocycles. The molecular weight excluding hydrogens is 252 g/mol. The Hall–Kier alpha value is -0.410. The Bertz CT molecular complexity index is 285. The van der Waals surface area contributed by atoms with Crippen LogP contribution in [-0.2, 0) is 0 Å². The average Bonchev–Trinajstić information content (AvgIpc) is 2.95. The highest BCUT2D eigenvalue weighted by Gasteiger charge is 2.12. The van der Waals surface area contributed by atoms with Crippen LogP contribution in [0.2, 0.25) is 0 Å². The van der Waals surface area contributed by atoms with E-state index in [0.717, 1.165) is 6.54 Å². The van der Waals surface area contributed by atoms with Gasteiger partial charge in [-0.1, -0.05) is 58.8 Å². The number of rotatable bonds is 12. The standard InChI is InChI=1S/C16H30N2S/c1-3-5-6-7-8-9-10-11-15(17-12-4-2)16-18-13-14-19-16/h13-15,17H,3-12H2,1-2H3. The van der Waals surface area contributed by atoms with E-state index in [1.807, 2.05) is 6.20 Å². The highest BCUT2D eigenvalue weighted by Crippen LogP contribution is 2.22. The lowest BCUT2D eigenvalue weighted by atomic mass is 10.1. The third kappa shape index (κ3) is 7.68. The van der Waals surface area contributed by atoms with E-state index >= 15 is 0 Å². The molecule has 0 radical (unpaired) electrons. The molecule has 0 amide bonds. The normalized spacial score (nSPS) is 12.7. The van der Waals surface area contributed by atoms with Crippen molar-refractivity contribution in [3.05, 3.63) is 16.6 Å². The molecule has 0 bridgehead atoms. The third-order valence-electron chi connectivity index (χ3n) is 3.49. The van der Waals surface area contributed by atoms with E-state index in [4.69, 9.17) is 0 Å². The van der Waals surface area contributed by atoms with Crippen LogP contribution in [0.4, 0.5) is 0 Å². The molecule has 19 heavy (non-hydrogen) atoms. The van der Waals surface area contributed by atoms with Gasteiger partial charge in [0, 0.05) is 11.6 Å². The Kier molecular flexibility index (Phi) is 10.0. The maximum absolute atomic E-state index is 4.46. The van der Waals surface area contributed by atoms with Crippen molar-refractivity contribution in [2.75, 3.05) is 6.54 Å². The molecule has 1 atom stereocenters. The van der Waals surface area contributed by atoms with Crippen molar-refractivity contribution >= 4 is 11.3 Å². The minimum absolute atomic E-state index is 0.482. The van der Waals surface area contributed by atoms with Gasteiger partial charge in [-0.05, 0) is 19.4 Å². The van der Waals surface area contributed by atoms with Gasteiger partial charge in [0.2, 0.25) is 0 Å². The van der Waals surface area contributed by atoms with Gasteiger partial charge in [0.1, 0.15) is 5.01 Å². The minimum atomic E-state index is 0.482. The Morgan fingerprint density at radius 1 is 1.05 bits per heavy atom. The molecule has 3 heteroatoms. The highest BCUT2D eigenvalue weighted by molar-refractivity contribution is 7.09. The number of hydrogen-bond donors (Lipinski definition) is 1. The second-order valence-corrected chi connectivity index (χ2v) is 6.21. The largest absolute Gasteiger partial charge is 0.308 e. The monoisotopic (exact) mass is 282 g/mol. The molecule has 1 N–H and O–H groups in total. The van der Waals surface area contributed by atoms with Crippen molar-refractivity contribution in [2.24, 2.45) is 0 Å². The molecule has 0 spiro atoms. The lowest BCUT2D eigenvalue weighted by Crippen LogP contribution is -2.22. The predicted molar refractivity (Wildman–Crippen MR) is 85.8 cm³/mol. The molecule has 0 saturated carbocycles. The summed E-state index contributed by atoms with van der Waals surface area (Å²) in [4.78, 5) is 4.46. The summed E-state index contributed by atoms with van der Waals surface area (Å²) in [5.41, 5.74) is 0. The first-order valence-electron chi connectivity index (χ1n) is 8.01. The topological polar surface area (TPSA) is 24.9 Å². The van der Waals surface area contributed by atoms with E-state index in [1.165, 1.54) is 62.8 Å². The zero-order chi connectivity index (χ0) is 13.8. The van der Waals surface area contributed by atoms with Crippen LogP contribution in [0.1, 0.15) is 82.7 Å². The molecule has 1 unspecified atom stereocenters. The summed E-state index contributed by atoms with van der Waals surface area (Å²) in [7, 11) is 0. The summed E-state index contributed by atoms with van der Waals surface area (Å²) in [6.07, 6.45) is 14.0. The molecule has 0 aliphatic rings. The molecule has 0 aromatic carbocycles. The first-order valence-corrected chi connectivity index (χ1v) is 8.89. The molecule has 0 saturated heterocycles. The van der Waals surface area contributed by atoms with Gasteiger partial charge in [0.15, 0.2) is 0 Å². The molecular formula is C16H30N2S. The fourth-order valence-corrected chi connectivity index (χ4v) is 3.09. The van der Waals surface area contributed by atoms with Crippen LogP contribution < -0.4 is 5.32 Å². The summed E-state index contributed by atoms with van der Waals surface area (Å²) in [5, 5.41) is 6.98. The summed E-state index contributed by atoms with van der Waals surface area (Å²) >= 11 is 1.78. The number of nitrogens with one attached hydrogen (secondary N) is 1. The van der Waals surface area contributed by atoms with Crippen molar-refractivity contribution in [1.82, 2.24) is 10.3 Å². The third-order valence-corrected chi connectivity index (χ3v) is 4.38. The summed E-state index contributed by atoms with van der Waals surface area (Å²) < 4.78 is 0. The Morgan fingerprint density at radius 2 is 1.79 bits per heavy atom. The first kappa shape index (κ1) is 16.6. The van der Waals surface area contributed by atoms with E-state index in [2.05, 4.69) is 29.5 Å². The van der Waals surface area contributed by atoms with Gasteiger partial charge in [-0.3, -0.25) is 0 Å². The van der Waals surface area contributed by atoms with E-state index in [-0.39, 0.29) is 0 Å². The number of thiazole rings is 1. The minimum Gasteiger partial charge on any atom is -0.308 e. The molecule has 110 valence electrons. The van der Waals surface area contributed by atoms with Gasteiger partial charge in [-0.25, -0.2) is 4.98 Å². The van der Waals surface area contributed by atoms with Gasteiger partial charge < -0.3 is 5.32 Å². The summed E-state index contributed by atoms with van der Waals surface area (Å²) in [6.45, 7) is 5.60. The summed E-state index contributed by atoms with van der Waals surface area (Å²) in [5.74, 6) is 0. The SMILES string of the molecule is CCCCCCCCCC(NCCC)c1nccs1. The zero-order valence-electron chi connectivity index (χ0n) is 12.7. The average molecular weight is 282 g/mol. The van der Waals surface area contributed by atoms with Gasteiger partial charge in [-0.2, -0.15) is 0 Å². The van der Waals surface area contributed by atoms with Crippen molar-refractivity contribution in [1.29, 1.82) is 0 Å². The fourth-order valence-electron chi connectivity index (χ4n) is 2.34. The van der Waals surface area contributed by atoms with Crippen molar-refractivity contribution in [3.63, 3.8) is 0 Å². The van der Waals surface area contributed by atoms with Crippen LogP contribution in [0.5, 0.6) is 0 Å². The number of aromatic nitrogens is 1. The van der Waals surface area contributed by atoms with Crippen LogP contribution in [0.15, 0.2) is 11.6 Å². The van der Waals surface area contributed by atoms with Crippen LogP contribution in [-0.4, -0.2) is 11.5 Å². The van der Waals surface area contributed by atoms with Crippen molar-refractivity contribution in [2.45, 2.75) is 77.7 Å². The number of unbranched alkanes of at least 4 members (excludes halogenated alkanes) is 6. The number of hydrogen-bond acceptors (Lipinski definition) is 3. The van der Waals surface area contributed by atoms with Crippen molar-refractivity contribution in [3.8, 4) is 0 Å². The second kappa shape index (κ2) is 11.4. The molecule has 1 rings (SSSR count). The van der Waals surface area contributed by atoms with Crippen LogP contribution in [0.3, 0.4) is 0 Å².